The molecule has 0 aromatic heterocycles. The van der Waals surface area contributed by atoms with Crippen molar-refractivity contribution in [3.05, 3.63) is 28.8 Å². The summed E-state index contributed by atoms with van der Waals surface area (Å²) in [5.74, 6) is -0.0350. The first kappa shape index (κ1) is 24.2. The summed E-state index contributed by atoms with van der Waals surface area (Å²) in [5.41, 5.74) is 2.61. The van der Waals surface area contributed by atoms with E-state index in [-0.39, 0.29) is 31.2 Å². The first-order valence-corrected chi connectivity index (χ1v) is 12.7. The summed E-state index contributed by atoms with van der Waals surface area (Å²) in [6.07, 6.45) is 3.51. The minimum Gasteiger partial charge on any atom is -0.370 e. The lowest BCUT2D eigenvalue weighted by Crippen LogP contribution is -2.46. The van der Waals surface area contributed by atoms with E-state index >= 15 is 0 Å². The second kappa shape index (κ2) is 9.98. The van der Waals surface area contributed by atoms with Gasteiger partial charge in [-0.25, -0.2) is 8.42 Å². The number of ether oxygens (including phenoxy) is 1. The Labute approximate surface area is 187 Å². The number of nitrogens with zero attached hydrogens (tertiary/aromatic N) is 3. The Bertz CT molecular complexity index is 871. The highest BCUT2D eigenvalue weighted by Gasteiger charge is 2.37. The van der Waals surface area contributed by atoms with E-state index in [2.05, 4.69) is 11.9 Å². The Morgan fingerprint density at radius 1 is 1.10 bits per heavy atom. The standard InChI is InChI=1S/C23H37N3O4S/c1-17-13-18(2)23(19(3)14-17)31(28,29)26-10-6-7-21(26)15-30-16-22(27)25(5)20-8-11-24(4)12-9-20/h13-14,20-21H,6-12,15-16H2,1-5H3/t21-/m1/s1. The van der Waals surface area contributed by atoms with Crippen LogP contribution in [0.2, 0.25) is 0 Å². The zero-order valence-electron chi connectivity index (χ0n) is 19.6. The SMILES string of the molecule is Cc1cc(C)c(S(=O)(=O)N2CCC[C@@H]2COCC(=O)N(C)C2CCN(C)CC2)c(C)c1. The Morgan fingerprint density at radius 2 is 1.71 bits per heavy atom. The molecule has 2 heterocycles. The predicted molar refractivity (Wildman–Crippen MR) is 122 cm³/mol. The fraction of sp³-hybridized carbons (Fsp3) is 0.696. The van der Waals surface area contributed by atoms with Crippen LogP contribution in [0.3, 0.4) is 0 Å². The molecule has 3 rings (SSSR count). The van der Waals surface area contributed by atoms with Crippen molar-refractivity contribution in [2.75, 3.05) is 46.9 Å². The molecule has 0 saturated carbocycles. The minimum absolute atomic E-state index is 0.00415. The maximum absolute atomic E-state index is 13.4. The van der Waals surface area contributed by atoms with Gasteiger partial charge in [-0.1, -0.05) is 17.7 Å². The lowest BCUT2D eigenvalue weighted by Gasteiger charge is -2.35. The van der Waals surface area contributed by atoms with Crippen LogP contribution in [0.1, 0.15) is 42.4 Å². The molecule has 8 heteroatoms. The number of likely N-dealkylation sites (N-methyl/N-ethyl adjacent to an activating group) is 1. The van der Waals surface area contributed by atoms with Crippen LogP contribution < -0.4 is 0 Å². The van der Waals surface area contributed by atoms with E-state index in [1.165, 1.54) is 0 Å². The number of likely N-dealkylation sites (tertiary alicyclic amines) is 1. The third-order valence-electron chi connectivity index (χ3n) is 6.66. The van der Waals surface area contributed by atoms with Gasteiger partial charge in [0.1, 0.15) is 6.61 Å². The highest BCUT2D eigenvalue weighted by molar-refractivity contribution is 7.89. The molecule has 1 aromatic carbocycles. The number of carbonyl (C=O) groups is 1. The Hall–Kier alpha value is -1.48. The van der Waals surface area contributed by atoms with Crippen molar-refractivity contribution in [2.24, 2.45) is 0 Å². The van der Waals surface area contributed by atoms with E-state index in [0.29, 0.717) is 11.4 Å². The normalized spacial score (nSPS) is 21.5. The van der Waals surface area contributed by atoms with Crippen molar-refractivity contribution >= 4 is 15.9 Å². The number of hydrogen-bond acceptors (Lipinski definition) is 5. The molecule has 0 unspecified atom stereocenters. The van der Waals surface area contributed by atoms with Gasteiger partial charge in [-0.2, -0.15) is 4.31 Å². The zero-order valence-corrected chi connectivity index (χ0v) is 20.4. The lowest BCUT2D eigenvalue weighted by molar-refractivity contribution is -0.138. The van der Waals surface area contributed by atoms with Crippen molar-refractivity contribution in [1.82, 2.24) is 14.1 Å². The summed E-state index contributed by atoms with van der Waals surface area (Å²) in [5, 5.41) is 0. The molecule has 0 aliphatic carbocycles. The number of benzene rings is 1. The summed E-state index contributed by atoms with van der Waals surface area (Å²) in [6, 6.07) is 3.85. The number of sulfonamides is 1. The van der Waals surface area contributed by atoms with Crippen LogP contribution in [-0.4, -0.2) is 87.5 Å². The summed E-state index contributed by atoms with van der Waals surface area (Å²) < 4.78 is 34.2. The third kappa shape index (κ3) is 5.48. The molecule has 0 N–H and O–H groups in total. The largest absolute Gasteiger partial charge is 0.370 e. The van der Waals surface area contributed by atoms with Gasteiger partial charge in [0, 0.05) is 25.7 Å². The number of piperidine rings is 1. The number of aryl methyl sites for hydroxylation is 3. The van der Waals surface area contributed by atoms with E-state index in [9.17, 15) is 13.2 Å². The van der Waals surface area contributed by atoms with Gasteiger partial charge >= 0.3 is 0 Å². The molecule has 1 amide bonds. The highest BCUT2D eigenvalue weighted by Crippen LogP contribution is 2.30. The molecular weight excluding hydrogens is 414 g/mol. The van der Waals surface area contributed by atoms with Gasteiger partial charge in [0.2, 0.25) is 15.9 Å². The predicted octanol–water partition coefficient (Wildman–Crippen LogP) is 2.33. The molecule has 7 nitrogen and oxygen atoms in total. The van der Waals surface area contributed by atoms with Crippen LogP contribution >= 0.6 is 0 Å². The number of rotatable bonds is 7. The quantitative estimate of drug-likeness (QED) is 0.636. The molecule has 0 radical (unpaired) electrons. The summed E-state index contributed by atoms with van der Waals surface area (Å²) in [7, 11) is 0.342. The molecule has 0 bridgehead atoms. The van der Waals surface area contributed by atoms with Gasteiger partial charge in [-0.15, -0.1) is 0 Å². The van der Waals surface area contributed by atoms with E-state index in [1.807, 2.05) is 40.0 Å². The monoisotopic (exact) mass is 451 g/mol. The van der Waals surface area contributed by atoms with Crippen LogP contribution in [0.5, 0.6) is 0 Å². The Morgan fingerprint density at radius 3 is 2.32 bits per heavy atom. The second-order valence-corrected chi connectivity index (χ2v) is 11.0. The van der Waals surface area contributed by atoms with Gasteiger partial charge in [0.15, 0.2) is 0 Å². The van der Waals surface area contributed by atoms with Crippen LogP contribution in [0.4, 0.5) is 0 Å². The third-order valence-corrected chi connectivity index (χ3v) is 8.92. The molecule has 31 heavy (non-hydrogen) atoms. The maximum atomic E-state index is 13.4. The second-order valence-electron chi connectivity index (χ2n) is 9.19. The molecule has 0 spiro atoms. The van der Waals surface area contributed by atoms with Crippen molar-refractivity contribution in [2.45, 2.75) is 63.4 Å². The van der Waals surface area contributed by atoms with E-state index in [4.69, 9.17) is 4.74 Å². The smallest absolute Gasteiger partial charge is 0.248 e. The van der Waals surface area contributed by atoms with E-state index in [0.717, 1.165) is 55.5 Å². The Kier molecular flexibility index (Phi) is 7.78. The van der Waals surface area contributed by atoms with Gasteiger partial charge in [0.25, 0.3) is 0 Å². The number of carbonyl (C=O) groups excluding carboxylic acids is 1. The maximum Gasteiger partial charge on any atom is 0.248 e. The number of amides is 1. The van der Waals surface area contributed by atoms with Crippen LogP contribution in [0, 0.1) is 20.8 Å². The summed E-state index contributed by atoms with van der Waals surface area (Å²) in [6.45, 7) is 8.41. The first-order valence-electron chi connectivity index (χ1n) is 11.2. The van der Waals surface area contributed by atoms with Gasteiger partial charge in [-0.3, -0.25) is 4.79 Å². The number of hydrogen-bond donors (Lipinski definition) is 0. The van der Waals surface area contributed by atoms with Gasteiger partial charge < -0.3 is 14.5 Å². The lowest BCUT2D eigenvalue weighted by atomic mass is 10.0. The van der Waals surface area contributed by atoms with Crippen molar-refractivity contribution < 1.29 is 17.9 Å². The molecular formula is C23H37N3O4S. The van der Waals surface area contributed by atoms with E-state index < -0.39 is 10.0 Å². The molecule has 2 aliphatic heterocycles. The molecule has 1 atom stereocenters. The fourth-order valence-electron chi connectivity index (χ4n) is 4.95. The fourth-order valence-corrected chi connectivity index (χ4v) is 7.05. The van der Waals surface area contributed by atoms with Crippen molar-refractivity contribution in [3.8, 4) is 0 Å². The average molecular weight is 452 g/mol. The Balaban J connectivity index is 1.59. The molecule has 2 fully saturated rings. The first-order chi connectivity index (χ1) is 14.6. The van der Waals surface area contributed by atoms with Gasteiger partial charge in [-0.05, 0) is 77.7 Å². The van der Waals surface area contributed by atoms with Crippen molar-refractivity contribution in [1.29, 1.82) is 0 Å². The van der Waals surface area contributed by atoms with Crippen LogP contribution in [-0.2, 0) is 19.6 Å². The highest BCUT2D eigenvalue weighted by atomic mass is 32.2. The molecule has 1 aromatic rings. The molecule has 2 saturated heterocycles. The topological polar surface area (TPSA) is 70.2 Å². The zero-order chi connectivity index (χ0) is 22.8. The van der Waals surface area contributed by atoms with Crippen LogP contribution in [0.15, 0.2) is 17.0 Å². The molecule has 174 valence electrons. The minimum atomic E-state index is -3.60. The van der Waals surface area contributed by atoms with Crippen molar-refractivity contribution in [3.63, 3.8) is 0 Å². The van der Waals surface area contributed by atoms with Gasteiger partial charge in [0.05, 0.1) is 11.5 Å². The van der Waals surface area contributed by atoms with E-state index in [1.54, 1.807) is 9.21 Å². The summed E-state index contributed by atoms with van der Waals surface area (Å²) >= 11 is 0. The summed E-state index contributed by atoms with van der Waals surface area (Å²) in [4.78, 5) is 17.1. The van der Waals surface area contributed by atoms with Crippen LogP contribution in [0.25, 0.3) is 0 Å². The molecule has 2 aliphatic rings. The average Bonchev–Trinajstić information content (AvgIpc) is 3.16.